The third-order valence-corrected chi connectivity index (χ3v) is 7.87. The number of imide groups is 1. The maximum atomic E-state index is 13.3. The lowest BCUT2D eigenvalue weighted by molar-refractivity contribution is -0.121. The number of halogens is 2. The zero-order valence-corrected chi connectivity index (χ0v) is 19.1. The smallest absolute Gasteiger partial charge is 0.248 e. The van der Waals surface area contributed by atoms with Gasteiger partial charge in [0.25, 0.3) is 0 Å². The van der Waals surface area contributed by atoms with Crippen molar-refractivity contribution >= 4 is 64.2 Å². The fourth-order valence-corrected chi connectivity index (χ4v) is 5.77. The Hall–Kier alpha value is -1.92. The van der Waals surface area contributed by atoms with Crippen molar-refractivity contribution in [2.45, 2.75) is 27.2 Å². The Kier molecular flexibility index (Phi) is 6.44. The minimum absolute atomic E-state index is 0.223. The molecule has 30 heavy (non-hydrogen) atoms. The summed E-state index contributed by atoms with van der Waals surface area (Å²) in [6, 6.07) is 22.0. The molecule has 0 aliphatic carbocycles. The molecule has 1 aliphatic rings. The second-order valence-corrected chi connectivity index (χ2v) is 10.1. The lowest BCUT2D eigenvalue weighted by atomic mass is 10.2. The van der Waals surface area contributed by atoms with Gasteiger partial charge in [0.05, 0.1) is 5.69 Å². The first-order valence-electron chi connectivity index (χ1n) is 9.21. The van der Waals surface area contributed by atoms with E-state index in [2.05, 4.69) is 0 Å². The van der Waals surface area contributed by atoms with E-state index in [0.717, 1.165) is 15.4 Å². The van der Waals surface area contributed by atoms with Crippen molar-refractivity contribution in [2.75, 3.05) is 4.90 Å². The minimum atomic E-state index is -0.555. The Labute approximate surface area is 193 Å². The molecule has 152 valence electrons. The molecule has 0 bridgehead atoms. The fraction of sp³-hybridized carbons (Fsp3) is 0.130. The van der Waals surface area contributed by atoms with Crippen LogP contribution in [-0.4, -0.2) is 22.3 Å². The van der Waals surface area contributed by atoms with Crippen LogP contribution >= 0.6 is 46.7 Å². The monoisotopic (exact) mass is 473 g/mol. The first kappa shape index (κ1) is 21.3. The highest BCUT2D eigenvalue weighted by atomic mass is 35.5. The van der Waals surface area contributed by atoms with Crippen molar-refractivity contribution in [3.63, 3.8) is 0 Å². The molecule has 3 nitrogen and oxygen atoms in total. The van der Waals surface area contributed by atoms with Crippen LogP contribution < -0.4 is 4.90 Å². The number of hydrogen-bond donors (Lipinski definition) is 0. The van der Waals surface area contributed by atoms with E-state index in [-0.39, 0.29) is 11.8 Å². The number of carbonyl (C=O) groups excluding carboxylic acids is 2. The topological polar surface area (TPSA) is 37.4 Å². The zero-order valence-electron chi connectivity index (χ0n) is 15.9. The molecule has 2 amide bonds. The average Bonchev–Trinajstić information content (AvgIpc) is 2.96. The molecular formula is C23H17Cl2NO2S2. The fourth-order valence-electron chi connectivity index (χ4n) is 3.11. The molecule has 0 unspecified atom stereocenters. The van der Waals surface area contributed by atoms with Crippen molar-refractivity contribution < 1.29 is 9.59 Å². The molecule has 3 aromatic carbocycles. The third kappa shape index (κ3) is 4.54. The van der Waals surface area contributed by atoms with E-state index >= 15 is 0 Å². The predicted molar refractivity (Wildman–Crippen MR) is 126 cm³/mol. The van der Waals surface area contributed by atoms with Gasteiger partial charge in [-0.3, -0.25) is 9.59 Å². The van der Waals surface area contributed by atoms with Gasteiger partial charge in [0.2, 0.25) is 11.8 Å². The SMILES string of the molecule is Cc1ccc(S[C@@H]2C(=O)N(c3ccc(Cl)cc3)C(=O)[C@@H]2Sc2ccc(Cl)cc2)cc1. The average molecular weight is 474 g/mol. The van der Waals surface area contributed by atoms with Crippen LogP contribution in [0.25, 0.3) is 0 Å². The van der Waals surface area contributed by atoms with E-state index < -0.39 is 10.5 Å². The van der Waals surface area contributed by atoms with Crippen LogP contribution in [-0.2, 0) is 9.59 Å². The summed E-state index contributed by atoms with van der Waals surface area (Å²) in [6.07, 6.45) is 0. The Morgan fingerprint density at radius 1 is 0.667 bits per heavy atom. The summed E-state index contributed by atoms with van der Waals surface area (Å²) in [5.41, 5.74) is 1.67. The van der Waals surface area contributed by atoms with Gasteiger partial charge in [-0.15, -0.1) is 23.5 Å². The number of amides is 2. The second-order valence-electron chi connectivity index (χ2n) is 6.83. The van der Waals surface area contributed by atoms with Gasteiger partial charge in [-0.2, -0.15) is 0 Å². The standard InChI is InChI=1S/C23H17Cl2NO2S2/c1-14-2-10-18(11-3-14)29-20-21(30-19-12-6-16(25)7-13-19)23(28)26(22(20)27)17-8-4-15(24)5-9-17/h2-13,20-21H,1H3/t20-,21+/m0/s1. The predicted octanol–water partition coefficient (Wildman–Crippen LogP) is 6.50. The number of anilines is 1. The highest BCUT2D eigenvalue weighted by molar-refractivity contribution is 8.05. The normalized spacial score (nSPS) is 18.8. The first-order valence-corrected chi connectivity index (χ1v) is 11.7. The molecule has 1 aliphatic heterocycles. The summed E-state index contributed by atoms with van der Waals surface area (Å²) in [5, 5.41) is 0.0780. The number of nitrogens with zero attached hydrogens (tertiary/aromatic N) is 1. The van der Waals surface area contributed by atoms with Crippen LogP contribution in [0.4, 0.5) is 5.69 Å². The van der Waals surface area contributed by atoms with Gasteiger partial charge >= 0.3 is 0 Å². The molecule has 1 saturated heterocycles. The molecule has 0 radical (unpaired) electrons. The van der Waals surface area contributed by atoms with Crippen LogP contribution in [0.2, 0.25) is 10.0 Å². The molecule has 1 heterocycles. The van der Waals surface area contributed by atoms with E-state index in [9.17, 15) is 9.59 Å². The molecule has 3 aromatic rings. The number of benzene rings is 3. The van der Waals surface area contributed by atoms with Gasteiger partial charge in [-0.25, -0.2) is 4.90 Å². The number of thioether (sulfide) groups is 2. The van der Waals surface area contributed by atoms with Gasteiger partial charge in [-0.05, 0) is 67.6 Å². The van der Waals surface area contributed by atoms with Crippen LogP contribution in [0, 0.1) is 6.92 Å². The van der Waals surface area contributed by atoms with E-state index in [1.165, 1.54) is 28.4 Å². The summed E-state index contributed by atoms with van der Waals surface area (Å²) in [4.78, 5) is 29.8. The van der Waals surface area contributed by atoms with Crippen molar-refractivity contribution in [1.29, 1.82) is 0 Å². The minimum Gasteiger partial charge on any atom is -0.273 e. The van der Waals surface area contributed by atoms with E-state index in [1.807, 2.05) is 43.3 Å². The van der Waals surface area contributed by atoms with Gasteiger partial charge < -0.3 is 0 Å². The first-order chi connectivity index (χ1) is 14.4. The lowest BCUT2D eigenvalue weighted by Gasteiger charge is -2.14. The van der Waals surface area contributed by atoms with Crippen molar-refractivity contribution in [3.05, 3.63) is 88.4 Å². The number of rotatable bonds is 5. The number of hydrogen-bond acceptors (Lipinski definition) is 4. The molecule has 7 heteroatoms. The van der Waals surface area contributed by atoms with E-state index in [4.69, 9.17) is 23.2 Å². The number of aryl methyl sites for hydroxylation is 1. The zero-order chi connectivity index (χ0) is 21.3. The van der Waals surface area contributed by atoms with Crippen molar-refractivity contribution in [3.8, 4) is 0 Å². The highest BCUT2D eigenvalue weighted by Crippen LogP contribution is 2.42. The molecule has 0 N–H and O–H groups in total. The summed E-state index contributed by atoms with van der Waals surface area (Å²) < 4.78 is 0. The number of carbonyl (C=O) groups is 2. The molecule has 0 saturated carbocycles. The Morgan fingerprint density at radius 2 is 1.07 bits per heavy atom. The van der Waals surface area contributed by atoms with Crippen LogP contribution in [0.1, 0.15) is 5.56 Å². The third-order valence-electron chi connectivity index (χ3n) is 4.65. The lowest BCUT2D eigenvalue weighted by Crippen LogP contribution is -2.31. The molecular weight excluding hydrogens is 457 g/mol. The Balaban J connectivity index is 1.67. The van der Waals surface area contributed by atoms with E-state index in [0.29, 0.717) is 15.7 Å². The summed E-state index contributed by atoms with van der Waals surface area (Å²) >= 11 is 14.8. The second kappa shape index (κ2) is 9.06. The van der Waals surface area contributed by atoms with Crippen LogP contribution in [0.5, 0.6) is 0 Å². The quantitative estimate of drug-likeness (QED) is 0.396. The Bertz CT molecular complexity index is 1000. The maximum Gasteiger partial charge on any atom is 0.248 e. The van der Waals surface area contributed by atoms with Crippen molar-refractivity contribution in [1.82, 2.24) is 0 Å². The van der Waals surface area contributed by atoms with Gasteiger partial charge in [0.1, 0.15) is 10.5 Å². The summed E-state index contributed by atoms with van der Waals surface area (Å²) in [5.74, 6) is -0.453. The Morgan fingerprint density at radius 3 is 1.53 bits per heavy atom. The van der Waals surface area contributed by atoms with Crippen molar-refractivity contribution in [2.24, 2.45) is 0 Å². The van der Waals surface area contributed by atoms with Crippen LogP contribution in [0.3, 0.4) is 0 Å². The summed E-state index contributed by atoms with van der Waals surface area (Å²) in [7, 11) is 0. The largest absolute Gasteiger partial charge is 0.273 e. The molecule has 2 atom stereocenters. The highest BCUT2D eigenvalue weighted by Gasteiger charge is 2.49. The molecule has 4 rings (SSSR count). The molecule has 1 fully saturated rings. The molecule has 0 aromatic heterocycles. The summed E-state index contributed by atoms with van der Waals surface area (Å²) in [6.45, 7) is 2.01. The maximum absolute atomic E-state index is 13.3. The van der Waals surface area contributed by atoms with Gasteiger partial charge in [-0.1, -0.05) is 40.9 Å². The van der Waals surface area contributed by atoms with E-state index in [1.54, 1.807) is 36.4 Å². The van der Waals surface area contributed by atoms with Crippen LogP contribution in [0.15, 0.2) is 82.6 Å². The molecule has 0 spiro atoms. The van der Waals surface area contributed by atoms with Gasteiger partial charge in [0.15, 0.2) is 0 Å². The van der Waals surface area contributed by atoms with Gasteiger partial charge in [0, 0.05) is 19.8 Å².